The van der Waals surface area contributed by atoms with E-state index < -0.39 is 11.7 Å². The Morgan fingerprint density at radius 2 is 1.86 bits per heavy atom. The highest BCUT2D eigenvalue weighted by Crippen LogP contribution is 2.34. The standard InChI is InChI=1S/C21H24F3N3O/c22-21(23,24)17-6-3-15(4-7-17)12-27-19-9-11-26(14-18-2-1-10-25-18)13-16(19)5-8-20(27)28/h1-4,6-7,10,16,19,25H,5,8-9,11-14H2/t16-,19+/m1/s1. The highest BCUT2D eigenvalue weighted by molar-refractivity contribution is 5.77. The molecule has 2 aromatic rings. The smallest absolute Gasteiger partial charge is 0.364 e. The lowest BCUT2D eigenvalue weighted by atomic mass is 9.83. The van der Waals surface area contributed by atoms with E-state index in [0.717, 1.165) is 50.2 Å². The van der Waals surface area contributed by atoms with Crippen molar-refractivity contribution in [2.75, 3.05) is 13.1 Å². The molecule has 3 heterocycles. The largest absolute Gasteiger partial charge is 0.416 e. The summed E-state index contributed by atoms with van der Waals surface area (Å²) in [5.74, 6) is 0.523. The van der Waals surface area contributed by atoms with E-state index in [1.807, 2.05) is 17.2 Å². The summed E-state index contributed by atoms with van der Waals surface area (Å²) in [6.07, 6.45) is -0.117. The van der Waals surface area contributed by atoms with Crippen LogP contribution in [0.5, 0.6) is 0 Å². The fourth-order valence-electron chi connectivity index (χ4n) is 4.48. The minimum atomic E-state index is -4.34. The molecule has 1 amide bonds. The molecule has 0 spiro atoms. The predicted molar refractivity (Wildman–Crippen MR) is 99.2 cm³/mol. The first kappa shape index (κ1) is 19.1. The molecular formula is C21H24F3N3O. The Bertz CT molecular complexity index is 801. The molecule has 0 unspecified atom stereocenters. The monoisotopic (exact) mass is 391 g/mol. The molecule has 0 bridgehead atoms. The minimum Gasteiger partial charge on any atom is -0.364 e. The van der Waals surface area contributed by atoms with Gasteiger partial charge < -0.3 is 9.88 Å². The fourth-order valence-corrected chi connectivity index (χ4v) is 4.48. The van der Waals surface area contributed by atoms with Gasteiger partial charge in [0.2, 0.25) is 5.91 Å². The maximum absolute atomic E-state index is 12.8. The Kier molecular flexibility index (Phi) is 5.19. The van der Waals surface area contributed by atoms with E-state index in [0.29, 0.717) is 18.9 Å². The van der Waals surface area contributed by atoms with Crippen molar-refractivity contribution >= 4 is 5.91 Å². The molecule has 2 fully saturated rings. The molecule has 1 aromatic heterocycles. The second kappa shape index (κ2) is 7.62. The van der Waals surface area contributed by atoms with Crippen LogP contribution in [0.15, 0.2) is 42.6 Å². The first-order chi connectivity index (χ1) is 13.4. The number of amides is 1. The maximum atomic E-state index is 12.8. The number of carbonyl (C=O) groups is 1. The van der Waals surface area contributed by atoms with Gasteiger partial charge in [0.15, 0.2) is 0 Å². The zero-order valence-corrected chi connectivity index (χ0v) is 15.6. The van der Waals surface area contributed by atoms with Crippen molar-refractivity contribution in [3.63, 3.8) is 0 Å². The van der Waals surface area contributed by atoms with Crippen LogP contribution in [0.1, 0.15) is 36.1 Å². The van der Waals surface area contributed by atoms with E-state index in [9.17, 15) is 18.0 Å². The van der Waals surface area contributed by atoms with E-state index in [1.54, 1.807) is 0 Å². The van der Waals surface area contributed by atoms with Gasteiger partial charge in [0.1, 0.15) is 0 Å². The zero-order chi connectivity index (χ0) is 19.7. The third kappa shape index (κ3) is 4.09. The number of rotatable bonds is 4. The van der Waals surface area contributed by atoms with Crippen molar-refractivity contribution in [1.29, 1.82) is 0 Å². The number of nitrogens with one attached hydrogen (secondary N) is 1. The highest BCUT2D eigenvalue weighted by Gasteiger charge is 2.39. The summed E-state index contributed by atoms with van der Waals surface area (Å²) in [6.45, 7) is 3.12. The molecule has 0 aliphatic carbocycles. The number of aromatic amines is 1. The van der Waals surface area contributed by atoms with Gasteiger partial charge in [0.05, 0.1) is 5.56 Å². The molecule has 4 nitrogen and oxygen atoms in total. The number of H-pyrrole nitrogens is 1. The number of nitrogens with zero attached hydrogens (tertiary/aromatic N) is 2. The van der Waals surface area contributed by atoms with Crippen molar-refractivity contribution in [2.45, 2.75) is 44.6 Å². The predicted octanol–water partition coefficient (Wildman–Crippen LogP) is 4.05. The van der Waals surface area contributed by atoms with Crippen molar-refractivity contribution < 1.29 is 18.0 Å². The number of halogens is 3. The molecule has 2 atom stereocenters. The first-order valence-corrected chi connectivity index (χ1v) is 9.70. The summed E-state index contributed by atoms with van der Waals surface area (Å²) in [7, 11) is 0. The normalized spacial score (nSPS) is 23.7. The van der Waals surface area contributed by atoms with Gasteiger partial charge in [-0.2, -0.15) is 13.2 Å². The van der Waals surface area contributed by atoms with Crippen LogP contribution in [-0.4, -0.2) is 39.8 Å². The Morgan fingerprint density at radius 1 is 1.07 bits per heavy atom. The molecule has 2 saturated heterocycles. The molecule has 150 valence electrons. The van der Waals surface area contributed by atoms with Gasteiger partial charge in [-0.3, -0.25) is 9.69 Å². The highest BCUT2D eigenvalue weighted by atomic mass is 19.4. The van der Waals surface area contributed by atoms with Crippen LogP contribution in [0.2, 0.25) is 0 Å². The number of fused-ring (bicyclic) bond motifs is 1. The molecule has 1 N–H and O–H groups in total. The van der Waals surface area contributed by atoms with Crippen LogP contribution in [0.3, 0.4) is 0 Å². The number of aromatic nitrogens is 1. The number of carbonyl (C=O) groups excluding carboxylic acids is 1. The first-order valence-electron chi connectivity index (χ1n) is 9.70. The number of hydrogen-bond donors (Lipinski definition) is 1. The van der Waals surface area contributed by atoms with Crippen LogP contribution in [0.4, 0.5) is 13.2 Å². The quantitative estimate of drug-likeness (QED) is 0.854. The summed E-state index contributed by atoms with van der Waals surface area (Å²) >= 11 is 0. The summed E-state index contributed by atoms with van der Waals surface area (Å²) in [5, 5.41) is 0. The van der Waals surface area contributed by atoms with Gasteiger partial charge in [-0.25, -0.2) is 0 Å². The lowest BCUT2D eigenvalue weighted by Gasteiger charge is -2.47. The number of piperidine rings is 2. The number of likely N-dealkylation sites (tertiary alicyclic amines) is 2. The van der Waals surface area contributed by atoms with Gasteiger partial charge >= 0.3 is 6.18 Å². The average Bonchev–Trinajstić information content (AvgIpc) is 3.17. The minimum absolute atomic E-state index is 0.110. The Balaban J connectivity index is 1.42. The van der Waals surface area contributed by atoms with Gasteiger partial charge in [-0.05, 0) is 48.6 Å². The molecule has 28 heavy (non-hydrogen) atoms. The molecule has 4 rings (SSSR count). The van der Waals surface area contributed by atoms with Crippen LogP contribution in [0, 0.1) is 5.92 Å². The van der Waals surface area contributed by atoms with Crippen LogP contribution < -0.4 is 0 Å². The Morgan fingerprint density at radius 3 is 2.54 bits per heavy atom. The van der Waals surface area contributed by atoms with Gasteiger partial charge in [0, 0.05) is 50.5 Å². The van der Waals surface area contributed by atoms with Crippen molar-refractivity contribution in [3.05, 3.63) is 59.4 Å². The Labute approximate surface area is 162 Å². The molecule has 0 saturated carbocycles. The number of alkyl halides is 3. The lowest BCUT2D eigenvalue weighted by Crippen LogP contribution is -2.55. The third-order valence-corrected chi connectivity index (χ3v) is 5.92. The number of hydrogen-bond acceptors (Lipinski definition) is 2. The van der Waals surface area contributed by atoms with Gasteiger partial charge in [-0.1, -0.05) is 12.1 Å². The summed E-state index contributed by atoms with van der Waals surface area (Å²) in [4.78, 5) is 20.1. The maximum Gasteiger partial charge on any atom is 0.416 e. The van der Waals surface area contributed by atoms with Crippen LogP contribution >= 0.6 is 0 Å². The molecule has 1 aromatic carbocycles. The second-order valence-corrected chi connectivity index (χ2v) is 7.80. The lowest BCUT2D eigenvalue weighted by molar-refractivity contribution is -0.142. The summed E-state index contributed by atoms with van der Waals surface area (Å²) < 4.78 is 38.3. The van der Waals surface area contributed by atoms with Crippen LogP contribution in [-0.2, 0) is 24.1 Å². The van der Waals surface area contributed by atoms with Crippen molar-refractivity contribution in [1.82, 2.24) is 14.8 Å². The molecular weight excluding hydrogens is 367 g/mol. The van der Waals surface area contributed by atoms with E-state index in [-0.39, 0.29) is 11.9 Å². The molecule has 2 aliphatic rings. The Hall–Kier alpha value is -2.28. The molecule has 7 heteroatoms. The van der Waals surface area contributed by atoms with E-state index in [2.05, 4.69) is 16.0 Å². The topological polar surface area (TPSA) is 39.3 Å². The van der Waals surface area contributed by atoms with Gasteiger partial charge in [0.25, 0.3) is 0 Å². The fraction of sp³-hybridized carbons (Fsp3) is 0.476. The van der Waals surface area contributed by atoms with Gasteiger partial charge in [-0.15, -0.1) is 0 Å². The SMILES string of the molecule is O=C1CC[C@@H]2CN(Cc3ccc[nH]3)CC[C@@H]2N1Cc1ccc(C(F)(F)F)cc1. The number of benzene rings is 1. The van der Waals surface area contributed by atoms with Crippen LogP contribution in [0.25, 0.3) is 0 Å². The zero-order valence-electron chi connectivity index (χ0n) is 15.6. The van der Waals surface area contributed by atoms with E-state index in [4.69, 9.17) is 0 Å². The summed E-state index contributed by atoms with van der Waals surface area (Å²) in [5.41, 5.74) is 1.28. The molecule has 0 radical (unpaired) electrons. The van der Waals surface area contributed by atoms with Crippen molar-refractivity contribution in [2.24, 2.45) is 5.92 Å². The average molecular weight is 391 g/mol. The summed E-state index contributed by atoms with van der Waals surface area (Å²) in [6, 6.07) is 9.41. The van der Waals surface area contributed by atoms with Crippen molar-refractivity contribution in [3.8, 4) is 0 Å². The van der Waals surface area contributed by atoms with E-state index in [1.165, 1.54) is 17.8 Å². The second-order valence-electron chi connectivity index (χ2n) is 7.80. The third-order valence-electron chi connectivity index (χ3n) is 5.92. The van der Waals surface area contributed by atoms with E-state index >= 15 is 0 Å². The molecule has 2 aliphatic heterocycles.